The third-order valence-electron chi connectivity index (χ3n) is 4.18. The average Bonchev–Trinajstić information content (AvgIpc) is 2.56. The molecule has 1 aromatic carbocycles. The molecule has 0 bridgehead atoms. The topological polar surface area (TPSA) is 67.9 Å². The molecule has 0 radical (unpaired) electrons. The zero-order chi connectivity index (χ0) is 19.5. The van der Waals surface area contributed by atoms with Crippen LogP contribution in [-0.4, -0.2) is 42.7 Å². The van der Waals surface area contributed by atoms with Gasteiger partial charge in [-0.05, 0) is 52.2 Å². The van der Waals surface area contributed by atoms with Crippen molar-refractivity contribution in [1.29, 1.82) is 0 Å². The molecule has 0 aliphatic carbocycles. The highest BCUT2D eigenvalue weighted by Crippen LogP contribution is 2.32. The zero-order valence-electron chi connectivity index (χ0n) is 16.0. The zero-order valence-corrected chi connectivity index (χ0v) is 16.8. The fourth-order valence-electron chi connectivity index (χ4n) is 2.85. The van der Waals surface area contributed by atoms with Gasteiger partial charge in [0.1, 0.15) is 11.4 Å². The molecule has 1 saturated heterocycles. The van der Waals surface area contributed by atoms with Gasteiger partial charge in [-0.2, -0.15) is 0 Å². The summed E-state index contributed by atoms with van der Waals surface area (Å²) in [6.07, 6.45) is 1.10. The first-order chi connectivity index (χ1) is 12.1. The summed E-state index contributed by atoms with van der Waals surface area (Å²) in [5.41, 5.74) is 0.871. The number of hydrogen-bond donors (Lipinski definition) is 1. The monoisotopic (exact) mass is 382 g/mol. The highest BCUT2D eigenvalue weighted by Gasteiger charge is 2.31. The van der Waals surface area contributed by atoms with Gasteiger partial charge in [0.25, 0.3) is 0 Å². The lowest BCUT2D eigenvalue weighted by Crippen LogP contribution is -2.45. The molecule has 1 heterocycles. The number of ether oxygens (including phenoxy) is 2. The van der Waals surface area contributed by atoms with Crippen LogP contribution in [0.2, 0.25) is 5.02 Å². The number of carbonyl (C=O) groups excluding carboxylic acids is 2. The Morgan fingerprint density at radius 3 is 2.62 bits per heavy atom. The first kappa shape index (κ1) is 20.4. The fraction of sp³-hybridized carbons (Fsp3) is 0.579. The lowest BCUT2D eigenvalue weighted by Gasteiger charge is -2.33. The maximum absolute atomic E-state index is 12.7. The second kappa shape index (κ2) is 8.16. The third-order valence-corrected chi connectivity index (χ3v) is 4.59. The summed E-state index contributed by atoms with van der Waals surface area (Å²) in [5, 5.41) is 3.48. The Bertz CT molecular complexity index is 685. The van der Waals surface area contributed by atoms with Crippen LogP contribution in [0.1, 0.15) is 39.2 Å². The largest absolute Gasteiger partial charge is 0.495 e. The molecule has 7 heteroatoms. The van der Waals surface area contributed by atoms with Gasteiger partial charge in [-0.3, -0.25) is 4.79 Å². The van der Waals surface area contributed by atoms with E-state index in [2.05, 4.69) is 5.32 Å². The summed E-state index contributed by atoms with van der Waals surface area (Å²) >= 11 is 6.11. The van der Waals surface area contributed by atoms with E-state index in [0.717, 1.165) is 18.4 Å². The van der Waals surface area contributed by atoms with Crippen molar-refractivity contribution >= 4 is 29.3 Å². The maximum Gasteiger partial charge on any atom is 0.410 e. The average molecular weight is 383 g/mol. The molecule has 1 aromatic rings. The van der Waals surface area contributed by atoms with Crippen LogP contribution in [0.25, 0.3) is 0 Å². The molecule has 2 rings (SSSR count). The highest BCUT2D eigenvalue weighted by atomic mass is 35.5. The van der Waals surface area contributed by atoms with Crippen molar-refractivity contribution in [3.8, 4) is 5.75 Å². The molecule has 0 aromatic heterocycles. The van der Waals surface area contributed by atoms with Crippen LogP contribution in [0.4, 0.5) is 10.5 Å². The minimum atomic E-state index is -0.555. The molecule has 2 amide bonds. The van der Waals surface area contributed by atoms with Crippen LogP contribution in [-0.2, 0) is 9.53 Å². The predicted molar refractivity (Wildman–Crippen MR) is 102 cm³/mol. The van der Waals surface area contributed by atoms with Crippen molar-refractivity contribution in [2.75, 3.05) is 25.5 Å². The number of amides is 2. The Balaban J connectivity index is 2.06. The van der Waals surface area contributed by atoms with Crippen molar-refractivity contribution in [2.45, 2.75) is 46.1 Å². The van der Waals surface area contributed by atoms with E-state index in [-0.39, 0.29) is 17.9 Å². The van der Waals surface area contributed by atoms with Crippen molar-refractivity contribution in [1.82, 2.24) is 4.90 Å². The predicted octanol–water partition coefficient (Wildman–Crippen LogP) is 4.24. The molecule has 0 spiro atoms. The number of nitrogens with zero attached hydrogens (tertiary/aromatic N) is 1. The number of likely N-dealkylation sites (tertiary alicyclic amines) is 1. The Kier molecular flexibility index (Phi) is 6.39. The van der Waals surface area contributed by atoms with E-state index in [1.807, 2.05) is 27.7 Å². The van der Waals surface area contributed by atoms with E-state index in [1.165, 1.54) is 7.11 Å². The van der Waals surface area contributed by atoms with Gasteiger partial charge in [0.2, 0.25) is 5.91 Å². The van der Waals surface area contributed by atoms with Crippen LogP contribution in [0, 0.1) is 12.8 Å². The van der Waals surface area contributed by atoms with Gasteiger partial charge >= 0.3 is 6.09 Å². The number of hydrogen-bond acceptors (Lipinski definition) is 4. The molecule has 1 atom stereocenters. The van der Waals surface area contributed by atoms with Crippen molar-refractivity contribution in [3.05, 3.63) is 22.7 Å². The molecular weight excluding hydrogens is 356 g/mol. The number of anilines is 1. The fourth-order valence-corrected chi connectivity index (χ4v) is 3.00. The molecule has 1 aliphatic heterocycles. The summed E-state index contributed by atoms with van der Waals surface area (Å²) in [6.45, 7) is 8.29. The van der Waals surface area contributed by atoms with Gasteiger partial charge < -0.3 is 19.7 Å². The molecule has 26 heavy (non-hydrogen) atoms. The molecule has 1 N–H and O–H groups in total. The Morgan fingerprint density at radius 2 is 2.00 bits per heavy atom. The number of aryl methyl sites for hydroxylation is 1. The summed E-state index contributed by atoms with van der Waals surface area (Å²) in [7, 11) is 1.53. The van der Waals surface area contributed by atoms with E-state index in [0.29, 0.717) is 29.5 Å². The minimum Gasteiger partial charge on any atom is -0.495 e. The van der Waals surface area contributed by atoms with E-state index >= 15 is 0 Å². The normalized spacial score (nSPS) is 17.6. The first-order valence-electron chi connectivity index (χ1n) is 8.73. The Labute approximate surface area is 159 Å². The molecular formula is C19H27ClN2O4. The van der Waals surface area contributed by atoms with E-state index < -0.39 is 5.60 Å². The number of benzene rings is 1. The smallest absolute Gasteiger partial charge is 0.410 e. The van der Waals surface area contributed by atoms with Gasteiger partial charge in [-0.25, -0.2) is 4.79 Å². The van der Waals surface area contributed by atoms with Crippen LogP contribution in [0.3, 0.4) is 0 Å². The van der Waals surface area contributed by atoms with Gasteiger partial charge in [0.05, 0.1) is 18.7 Å². The van der Waals surface area contributed by atoms with Gasteiger partial charge in [0, 0.05) is 24.2 Å². The minimum absolute atomic E-state index is 0.140. The molecule has 144 valence electrons. The molecule has 1 fully saturated rings. The third kappa shape index (κ3) is 5.27. The molecule has 6 nitrogen and oxygen atoms in total. The van der Waals surface area contributed by atoms with E-state index in [1.54, 1.807) is 17.0 Å². The number of piperidine rings is 1. The number of carbonyl (C=O) groups is 2. The van der Waals surface area contributed by atoms with Crippen LogP contribution in [0.15, 0.2) is 12.1 Å². The standard InChI is InChI=1S/C19H27ClN2O4/c1-12-9-15(16(25-5)10-14(12)20)21-17(23)13-7-6-8-22(11-13)18(24)26-19(2,3)4/h9-10,13H,6-8,11H2,1-5H3,(H,21,23). The van der Waals surface area contributed by atoms with E-state index in [4.69, 9.17) is 21.1 Å². The number of methoxy groups -OCH3 is 1. The van der Waals surface area contributed by atoms with Gasteiger partial charge in [0.15, 0.2) is 0 Å². The quantitative estimate of drug-likeness (QED) is 0.848. The SMILES string of the molecule is COc1cc(Cl)c(C)cc1NC(=O)C1CCCN(C(=O)OC(C)(C)C)C1. The van der Waals surface area contributed by atoms with Crippen LogP contribution < -0.4 is 10.1 Å². The Hall–Kier alpha value is -1.95. The van der Waals surface area contributed by atoms with Crippen molar-refractivity contribution < 1.29 is 19.1 Å². The summed E-state index contributed by atoms with van der Waals surface area (Å²) in [5.74, 6) is 0.0731. The second-order valence-electron chi connectivity index (χ2n) is 7.56. The number of nitrogens with one attached hydrogen (secondary N) is 1. The highest BCUT2D eigenvalue weighted by molar-refractivity contribution is 6.31. The second-order valence-corrected chi connectivity index (χ2v) is 7.96. The summed E-state index contributed by atoms with van der Waals surface area (Å²) in [6, 6.07) is 3.47. The number of halogens is 1. The molecule has 1 unspecified atom stereocenters. The summed E-state index contributed by atoms with van der Waals surface area (Å²) < 4.78 is 10.7. The van der Waals surface area contributed by atoms with Crippen LogP contribution >= 0.6 is 11.6 Å². The summed E-state index contributed by atoms with van der Waals surface area (Å²) in [4.78, 5) is 26.6. The van der Waals surface area contributed by atoms with Crippen molar-refractivity contribution in [2.24, 2.45) is 5.92 Å². The maximum atomic E-state index is 12.7. The number of rotatable bonds is 3. The lowest BCUT2D eigenvalue weighted by molar-refractivity contribution is -0.121. The molecule has 1 aliphatic rings. The lowest BCUT2D eigenvalue weighted by atomic mass is 9.97. The molecule has 0 saturated carbocycles. The van der Waals surface area contributed by atoms with Crippen molar-refractivity contribution in [3.63, 3.8) is 0 Å². The Morgan fingerprint density at radius 1 is 1.31 bits per heavy atom. The van der Waals surface area contributed by atoms with Crippen LogP contribution in [0.5, 0.6) is 5.75 Å². The van der Waals surface area contributed by atoms with Gasteiger partial charge in [-0.1, -0.05) is 11.6 Å². The van der Waals surface area contributed by atoms with Gasteiger partial charge in [-0.15, -0.1) is 0 Å². The van der Waals surface area contributed by atoms with E-state index in [9.17, 15) is 9.59 Å². The first-order valence-corrected chi connectivity index (χ1v) is 9.11.